The first-order valence-corrected chi connectivity index (χ1v) is 8.73. The molecule has 2 aromatic carbocycles. The van der Waals surface area contributed by atoms with Crippen LogP contribution in [0.25, 0.3) is 0 Å². The van der Waals surface area contributed by atoms with Crippen molar-refractivity contribution >= 4 is 17.4 Å². The molecule has 1 amide bonds. The smallest absolute Gasteiger partial charge is 0.244 e. The third-order valence-corrected chi connectivity index (χ3v) is 5.26. The summed E-state index contributed by atoms with van der Waals surface area (Å²) in [6.45, 7) is 0. The summed E-state index contributed by atoms with van der Waals surface area (Å²) in [6.07, 6.45) is -1.37. The van der Waals surface area contributed by atoms with Crippen LogP contribution in [0.3, 0.4) is 0 Å². The number of hydrogen-bond acceptors (Lipinski definition) is 7. The normalized spacial score (nSPS) is 22.0. The van der Waals surface area contributed by atoms with E-state index in [9.17, 15) is 14.9 Å². The van der Waals surface area contributed by atoms with Gasteiger partial charge in [-0.1, -0.05) is 18.2 Å². The zero-order chi connectivity index (χ0) is 20.8. The fourth-order valence-electron chi connectivity index (χ4n) is 3.93. The summed E-state index contributed by atoms with van der Waals surface area (Å²) in [7, 11) is 2.90. The molecule has 0 bridgehead atoms. The Balaban J connectivity index is 1.93. The van der Waals surface area contributed by atoms with Gasteiger partial charge in [0.1, 0.15) is 23.1 Å². The predicted molar refractivity (Wildman–Crippen MR) is 102 cm³/mol. The summed E-state index contributed by atoms with van der Waals surface area (Å²) >= 11 is 0. The Morgan fingerprint density at radius 2 is 2.00 bits per heavy atom. The van der Waals surface area contributed by atoms with Gasteiger partial charge in [0.05, 0.1) is 19.8 Å². The molecule has 2 aliphatic rings. The van der Waals surface area contributed by atoms with E-state index < -0.39 is 23.2 Å². The van der Waals surface area contributed by atoms with Gasteiger partial charge in [-0.05, 0) is 24.3 Å². The molecule has 0 aliphatic carbocycles. The van der Waals surface area contributed by atoms with Crippen molar-refractivity contribution in [2.75, 3.05) is 19.5 Å². The number of rotatable bonds is 4. The van der Waals surface area contributed by atoms with E-state index in [1.165, 1.54) is 20.3 Å². The number of ketones is 1. The summed E-state index contributed by atoms with van der Waals surface area (Å²) in [4.78, 5) is 26.7. The summed E-state index contributed by atoms with van der Waals surface area (Å²) in [6, 6.07) is 13.5. The number of amides is 1. The number of nitriles is 1. The predicted octanol–water partition coefficient (Wildman–Crippen LogP) is 1.87. The highest BCUT2D eigenvalue weighted by atomic mass is 16.5. The number of nitrogens with one attached hydrogen (secondary N) is 1. The van der Waals surface area contributed by atoms with Crippen molar-refractivity contribution in [2.45, 2.75) is 11.5 Å². The van der Waals surface area contributed by atoms with Gasteiger partial charge in [-0.25, -0.2) is 0 Å². The number of carbonyl (C=O) groups is 2. The Hall–Kier alpha value is -3.99. The lowest BCUT2D eigenvalue weighted by Gasteiger charge is -2.27. The highest BCUT2D eigenvalue weighted by molar-refractivity contribution is 6.16. The van der Waals surface area contributed by atoms with Crippen LogP contribution in [-0.2, 0) is 14.9 Å². The lowest BCUT2D eigenvalue weighted by molar-refractivity contribution is -0.121. The van der Waals surface area contributed by atoms with Crippen LogP contribution in [-0.4, -0.2) is 32.0 Å². The highest BCUT2D eigenvalue weighted by Crippen LogP contribution is 2.51. The topological polar surface area (TPSA) is 124 Å². The summed E-state index contributed by atoms with van der Waals surface area (Å²) in [5.74, 6) is -0.639. The lowest BCUT2D eigenvalue weighted by Crippen LogP contribution is -2.48. The Kier molecular flexibility index (Phi) is 4.16. The minimum absolute atomic E-state index is 0.0971. The second-order valence-electron chi connectivity index (χ2n) is 6.59. The molecule has 4 rings (SSSR count). The van der Waals surface area contributed by atoms with Crippen LogP contribution in [0.2, 0.25) is 0 Å². The zero-order valence-corrected chi connectivity index (χ0v) is 15.7. The molecule has 2 aromatic rings. The number of benzene rings is 2. The summed E-state index contributed by atoms with van der Waals surface area (Å²) in [5.41, 5.74) is 5.28. The van der Waals surface area contributed by atoms with Crippen molar-refractivity contribution in [2.24, 2.45) is 5.73 Å². The van der Waals surface area contributed by atoms with Crippen LogP contribution in [0.5, 0.6) is 11.5 Å². The number of fused-ring (bicyclic) bond motifs is 2. The molecule has 3 N–H and O–H groups in total. The molecule has 8 heteroatoms. The summed E-state index contributed by atoms with van der Waals surface area (Å²) in [5, 5.41) is 12.5. The van der Waals surface area contributed by atoms with E-state index in [4.69, 9.17) is 19.9 Å². The molecule has 0 aromatic heterocycles. The first kappa shape index (κ1) is 18.4. The van der Waals surface area contributed by atoms with Gasteiger partial charge in [-0.2, -0.15) is 5.26 Å². The van der Waals surface area contributed by atoms with Gasteiger partial charge < -0.3 is 25.3 Å². The molecule has 2 atom stereocenters. The SMILES string of the molecule is COc1ccc(OC)c(C(=O)[C@H]2OC(N)=C(C#N)[C@@]23C(=O)Nc2ccccc23)c1. The van der Waals surface area contributed by atoms with Gasteiger partial charge in [0.2, 0.25) is 17.6 Å². The van der Waals surface area contributed by atoms with E-state index in [1.54, 1.807) is 36.4 Å². The molecule has 2 aliphatic heterocycles. The van der Waals surface area contributed by atoms with Gasteiger partial charge >= 0.3 is 0 Å². The number of anilines is 1. The third kappa shape index (κ3) is 2.37. The van der Waals surface area contributed by atoms with Crippen LogP contribution in [0, 0.1) is 11.3 Å². The molecule has 146 valence electrons. The summed E-state index contributed by atoms with van der Waals surface area (Å²) < 4.78 is 16.2. The van der Waals surface area contributed by atoms with Crippen molar-refractivity contribution in [3.8, 4) is 17.6 Å². The van der Waals surface area contributed by atoms with E-state index >= 15 is 0 Å². The Bertz CT molecular complexity index is 1120. The standard InChI is InChI=1S/C21H17N3O5/c1-27-11-7-8-16(28-2)12(9-11)17(25)18-21(14(10-22)19(23)29-18)13-5-3-4-6-15(13)24-20(21)26/h3-9,18H,23H2,1-2H3,(H,24,26)/t18-,21-/m1/s1. The van der Waals surface area contributed by atoms with E-state index in [0.717, 1.165) is 0 Å². The molecule has 0 unspecified atom stereocenters. The molecule has 0 radical (unpaired) electrons. The van der Waals surface area contributed by atoms with Gasteiger partial charge in [0, 0.05) is 11.3 Å². The fraction of sp³-hybridized carbons (Fsp3) is 0.190. The Morgan fingerprint density at radius 3 is 2.69 bits per heavy atom. The number of nitrogens with two attached hydrogens (primary N) is 1. The zero-order valence-electron chi connectivity index (χ0n) is 15.7. The first-order valence-electron chi connectivity index (χ1n) is 8.73. The van der Waals surface area contributed by atoms with E-state index in [1.807, 2.05) is 6.07 Å². The average Bonchev–Trinajstić information content (AvgIpc) is 3.21. The second-order valence-corrected chi connectivity index (χ2v) is 6.59. The maximum atomic E-state index is 13.6. The van der Waals surface area contributed by atoms with Gasteiger partial charge in [0.15, 0.2) is 11.5 Å². The van der Waals surface area contributed by atoms with Crippen molar-refractivity contribution < 1.29 is 23.8 Å². The third-order valence-electron chi connectivity index (χ3n) is 5.26. The minimum Gasteiger partial charge on any atom is -0.497 e. The molecule has 0 saturated heterocycles. The van der Waals surface area contributed by atoms with Crippen LogP contribution < -0.4 is 20.5 Å². The molecule has 29 heavy (non-hydrogen) atoms. The average molecular weight is 391 g/mol. The van der Waals surface area contributed by atoms with Crippen molar-refractivity contribution in [3.63, 3.8) is 0 Å². The van der Waals surface area contributed by atoms with E-state index in [-0.39, 0.29) is 22.8 Å². The molecular formula is C21H17N3O5. The molecule has 2 heterocycles. The largest absolute Gasteiger partial charge is 0.497 e. The monoisotopic (exact) mass is 391 g/mol. The molecule has 0 fully saturated rings. The molecule has 1 spiro atoms. The molecule has 0 saturated carbocycles. The Labute approximate surface area is 166 Å². The highest BCUT2D eigenvalue weighted by Gasteiger charge is 2.64. The quantitative estimate of drug-likeness (QED) is 0.763. The number of methoxy groups -OCH3 is 2. The van der Waals surface area contributed by atoms with Crippen LogP contribution in [0.4, 0.5) is 5.69 Å². The lowest BCUT2D eigenvalue weighted by atomic mass is 9.70. The second kappa shape index (κ2) is 6.56. The van der Waals surface area contributed by atoms with Crippen LogP contribution in [0.15, 0.2) is 53.9 Å². The fourth-order valence-corrected chi connectivity index (χ4v) is 3.93. The number of para-hydroxylation sites is 1. The maximum absolute atomic E-state index is 13.6. The maximum Gasteiger partial charge on any atom is 0.244 e. The number of Topliss-reactive ketones (excluding diaryl/α,β-unsaturated/α-hetero) is 1. The molecular weight excluding hydrogens is 374 g/mol. The van der Waals surface area contributed by atoms with Crippen molar-refractivity contribution in [1.82, 2.24) is 0 Å². The minimum atomic E-state index is -1.68. The number of carbonyl (C=O) groups excluding carboxylic acids is 2. The van der Waals surface area contributed by atoms with Crippen molar-refractivity contribution in [1.29, 1.82) is 5.26 Å². The van der Waals surface area contributed by atoms with Crippen LogP contribution in [0.1, 0.15) is 15.9 Å². The van der Waals surface area contributed by atoms with Gasteiger partial charge in [0.25, 0.3) is 0 Å². The van der Waals surface area contributed by atoms with E-state index in [0.29, 0.717) is 17.0 Å². The van der Waals surface area contributed by atoms with Crippen molar-refractivity contribution in [3.05, 3.63) is 65.0 Å². The number of nitrogens with zero attached hydrogens (tertiary/aromatic N) is 1. The van der Waals surface area contributed by atoms with Gasteiger partial charge in [-0.3, -0.25) is 9.59 Å². The van der Waals surface area contributed by atoms with Gasteiger partial charge in [-0.15, -0.1) is 0 Å². The number of hydrogen-bond donors (Lipinski definition) is 2. The van der Waals surface area contributed by atoms with Crippen LogP contribution >= 0.6 is 0 Å². The van der Waals surface area contributed by atoms with E-state index in [2.05, 4.69) is 5.32 Å². The number of ether oxygens (including phenoxy) is 3. The molecule has 8 nitrogen and oxygen atoms in total. The Morgan fingerprint density at radius 1 is 1.24 bits per heavy atom. The first-order chi connectivity index (χ1) is 14.0.